The fraction of sp³-hybridized carbons (Fsp3) is 0.667. The van der Waals surface area contributed by atoms with Crippen LogP contribution in [-0.4, -0.2) is 27.1 Å². The van der Waals surface area contributed by atoms with Crippen molar-refractivity contribution in [1.82, 2.24) is 9.88 Å². The van der Waals surface area contributed by atoms with Gasteiger partial charge in [-0.2, -0.15) is 0 Å². The van der Waals surface area contributed by atoms with Crippen molar-refractivity contribution >= 4 is 6.09 Å². The molecule has 1 aliphatic heterocycles. The third-order valence-electron chi connectivity index (χ3n) is 4.24. The molecule has 0 radical (unpaired) electrons. The van der Waals surface area contributed by atoms with Crippen LogP contribution in [0.1, 0.15) is 51.3 Å². The fourth-order valence-corrected chi connectivity index (χ4v) is 3.13. The molecule has 1 amide bonds. The molecule has 19 heavy (non-hydrogen) atoms. The van der Waals surface area contributed by atoms with Gasteiger partial charge in [0.1, 0.15) is 5.60 Å². The summed E-state index contributed by atoms with van der Waals surface area (Å²) in [5, 5.41) is 0. The van der Waals surface area contributed by atoms with Crippen LogP contribution in [-0.2, 0) is 17.7 Å². The van der Waals surface area contributed by atoms with Crippen LogP contribution in [0.2, 0.25) is 0 Å². The monoisotopic (exact) mass is 262 g/mol. The Labute approximate surface area is 114 Å². The smallest absolute Gasteiger partial charge is 0.411 e. The van der Waals surface area contributed by atoms with Crippen molar-refractivity contribution in [3.05, 3.63) is 23.5 Å². The van der Waals surface area contributed by atoms with Crippen molar-refractivity contribution in [3.8, 4) is 0 Å². The third kappa shape index (κ3) is 2.13. The van der Waals surface area contributed by atoms with Gasteiger partial charge in [0.25, 0.3) is 0 Å². The lowest BCUT2D eigenvalue weighted by atomic mass is 9.70. The van der Waals surface area contributed by atoms with E-state index in [9.17, 15) is 4.79 Å². The van der Waals surface area contributed by atoms with Crippen molar-refractivity contribution in [2.75, 3.05) is 0 Å². The van der Waals surface area contributed by atoms with Gasteiger partial charge in [0.15, 0.2) is 0 Å². The number of aromatic nitrogens is 1. The minimum Gasteiger partial charge on any atom is -0.444 e. The number of aromatic amines is 1. The average Bonchev–Trinajstić information content (AvgIpc) is 2.69. The summed E-state index contributed by atoms with van der Waals surface area (Å²) in [6.07, 6.45) is 6.15. The molecule has 4 nitrogen and oxygen atoms in total. The highest BCUT2D eigenvalue weighted by Gasteiger charge is 2.49. The number of hydrogen-bond acceptors (Lipinski definition) is 2. The summed E-state index contributed by atoms with van der Waals surface area (Å²) in [6, 6.07) is 2.14. The van der Waals surface area contributed by atoms with Crippen molar-refractivity contribution in [2.45, 2.75) is 64.1 Å². The van der Waals surface area contributed by atoms with E-state index in [1.807, 2.05) is 31.9 Å². The highest BCUT2D eigenvalue weighted by Crippen LogP contribution is 2.45. The Balaban J connectivity index is 1.85. The Kier molecular flexibility index (Phi) is 2.66. The Morgan fingerprint density at radius 3 is 2.74 bits per heavy atom. The zero-order chi connectivity index (χ0) is 13.7. The zero-order valence-electron chi connectivity index (χ0n) is 12.0. The summed E-state index contributed by atoms with van der Waals surface area (Å²) >= 11 is 0. The van der Waals surface area contributed by atoms with Crippen molar-refractivity contribution in [2.24, 2.45) is 0 Å². The molecule has 1 aliphatic carbocycles. The molecule has 0 bridgehead atoms. The molecule has 104 valence electrons. The Bertz CT molecular complexity index is 494. The molecule has 3 rings (SSSR count). The predicted octanol–water partition coefficient (Wildman–Crippen LogP) is 3.23. The number of amides is 1. The summed E-state index contributed by atoms with van der Waals surface area (Å²) < 4.78 is 5.57. The van der Waals surface area contributed by atoms with Gasteiger partial charge in [-0.25, -0.2) is 4.79 Å². The number of ether oxygens (including phenoxy) is 1. The molecule has 1 aromatic rings. The van der Waals surface area contributed by atoms with E-state index in [4.69, 9.17) is 4.74 Å². The quantitative estimate of drug-likeness (QED) is 0.780. The first kappa shape index (κ1) is 12.6. The van der Waals surface area contributed by atoms with Gasteiger partial charge in [-0.05, 0) is 58.1 Å². The van der Waals surface area contributed by atoms with E-state index >= 15 is 0 Å². The van der Waals surface area contributed by atoms with Gasteiger partial charge in [0.05, 0.1) is 12.1 Å². The van der Waals surface area contributed by atoms with Crippen molar-refractivity contribution in [1.29, 1.82) is 0 Å². The van der Waals surface area contributed by atoms with E-state index < -0.39 is 5.60 Å². The second kappa shape index (κ2) is 4.02. The number of nitrogens with zero attached hydrogens (tertiary/aromatic N) is 1. The molecule has 2 aliphatic rings. The van der Waals surface area contributed by atoms with Crippen LogP contribution in [0.5, 0.6) is 0 Å². The Morgan fingerprint density at radius 2 is 2.16 bits per heavy atom. The van der Waals surface area contributed by atoms with Gasteiger partial charge < -0.3 is 9.72 Å². The van der Waals surface area contributed by atoms with Gasteiger partial charge >= 0.3 is 6.09 Å². The molecule has 1 aromatic heterocycles. The lowest BCUT2D eigenvalue weighted by Gasteiger charge is -2.52. The highest BCUT2D eigenvalue weighted by molar-refractivity contribution is 5.70. The summed E-state index contributed by atoms with van der Waals surface area (Å²) in [5.41, 5.74) is 2.10. The van der Waals surface area contributed by atoms with E-state index in [2.05, 4.69) is 11.1 Å². The van der Waals surface area contributed by atoms with Gasteiger partial charge in [-0.3, -0.25) is 4.90 Å². The molecule has 2 heterocycles. The standard InChI is InChI=1S/C15H22N2O2/c1-14(2,3)19-13(18)17-10-12-11(5-8-16-12)9-15(17)6-4-7-15/h5,8,16H,4,6-7,9-10H2,1-3H3. The van der Waals surface area contributed by atoms with E-state index in [1.165, 1.54) is 12.0 Å². The molecule has 1 N–H and O–H groups in total. The van der Waals surface area contributed by atoms with Crippen LogP contribution in [0.4, 0.5) is 4.79 Å². The molecule has 1 fully saturated rings. The van der Waals surface area contributed by atoms with Crippen LogP contribution in [0.3, 0.4) is 0 Å². The first-order valence-electron chi connectivity index (χ1n) is 7.05. The molecule has 1 spiro atoms. The summed E-state index contributed by atoms with van der Waals surface area (Å²) in [5.74, 6) is 0. The van der Waals surface area contributed by atoms with E-state index in [-0.39, 0.29) is 11.6 Å². The molecule has 0 atom stereocenters. The van der Waals surface area contributed by atoms with Crippen LogP contribution in [0, 0.1) is 0 Å². The summed E-state index contributed by atoms with van der Waals surface area (Å²) in [4.78, 5) is 17.6. The van der Waals surface area contributed by atoms with E-state index in [0.29, 0.717) is 6.54 Å². The number of H-pyrrole nitrogens is 1. The van der Waals surface area contributed by atoms with Gasteiger partial charge in [0.2, 0.25) is 0 Å². The first-order chi connectivity index (χ1) is 8.90. The number of rotatable bonds is 0. The van der Waals surface area contributed by atoms with Crippen LogP contribution in [0.25, 0.3) is 0 Å². The number of carbonyl (C=O) groups is 1. The molecule has 0 unspecified atom stereocenters. The molecule has 0 saturated heterocycles. The molecule has 0 aromatic carbocycles. The van der Waals surface area contributed by atoms with Crippen molar-refractivity contribution in [3.63, 3.8) is 0 Å². The first-order valence-corrected chi connectivity index (χ1v) is 7.05. The number of nitrogens with one attached hydrogen (secondary N) is 1. The van der Waals surface area contributed by atoms with Gasteiger partial charge in [0, 0.05) is 11.9 Å². The predicted molar refractivity (Wildman–Crippen MR) is 72.9 cm³/mol. The lowest BCUT2D eigenvalue weighted by molar-refractivity contribution is -0.0359. The van der Waals surface area contributed by atoms with Gasteiger partial charge in [-0.15, -0.1) is 0 Å². The highest BCUT2D eigenvalue weighted by atomic mass is 16.6. The Hall–Kier alpha value is -1.45. The maximum absolute atomic E-state index is 12.4. The zero-order valence-corrected chi connectivity index (χ0v) is 12.0. The second-order valence-electron chi connectivity index (χ2n) is 6.80. The second-order valence-corrected chi connectivity index (χ2v) is 6.80. The maximum Gasteiger partial charge on any atom is 0.411 e. The fourth-order valence-electron chi connectivity index (χ4n) is 3.13. The average molecular weight is 262 g/mol. The number of fused-ring (bicyclic) bond motifs is 1. The number of carbonyl (C=O) groups excluding carboxylic acids is 1. The molecular weight excluding hydrogens is 240 g/mol. The van der Waals surface area contributed by atoms with Crippen LogP contribution in [0.15, 0.2) is 12.3 Å². The van der Waals surface area contributed by atoms with Crippen molar-refractivity contribution < 1.29 is 9.53 Å². The van der Waals surface area contributed by atoms with E-state index in [0.717, 1.165) is 25.0 Å². The number of hydrogen-bond donors (Lipinski definition) is 1. The van der Waals surface area contributed by atoms with Crippen LogP contribution < -0.4 is 0 Å². The summed E-state index contributed by atoms with van der Waals surface area (Å²) in [6.45, 7) is 6.41. The van der Waals surface area contributed by atoms with Gasteiger partial charge in [-0.1, -0.05) is 0 Å². The summed E-state index contributed by atoms with van der Waals surface area (Å²) in [7, 11) is 0. The SMILES string of the molecule is CC(C)(C)OC(=O)N1Cc2[nH]ccc2CC12CCC2. The molecule has 1 saturated carbocycles. The maximum atomic E-state index is 12.4. The normalized spacial score (nSPS) is 20.9. The minimum absolute atomic E-state index is 0.0114. The molecular formula is C15H22N2O2. The molecule has 4 heteroatoms. The third-order valence-corrected chi connectivity index (χ3v) is 4.24. The van der Waals surface area contributed by atoms with E-state index in [1.54, 1.807) is 0 Å². The Morgan fingerprint density at radius 1 is 1.42 bits per heavy atom. The lowest BCUT2D eigenvalue weighted by Crippen LogP contribution is -2.60. The topological polar surface area (TPSA) is 45.3 Å². The largest absolute Gasteiger partial charge is 0.444 e. The minimum atomic E-state index is -0.433. The van der Waals surface area contributed by atoms with Crippen LogP contribution >= 0.6 is 0 Å².